The van der Waals surface area contributed by atoms with Gasteiger partial charge in [0.05, 0.1) is 17.3 Å². The van der Waals surface area contributed by atoms with Crippen molar-refractivity contribution in [1.29, 1.82) is 0 Å². The van der Waals surface area contributed by atoms with Crippen LogP contribution in [0.4, 0.5) is 11.4 Å². The minimum Gasteiger partial charge on any atom is -0.371 e. The van der Waals surface area contributed by atoms with Crippen molar-refractivity contribution in [3.05, 3.63) is 60.7 Å². The number of carbonyl (C=O) groups excluding carboxylic acids is 1. The number of benzene rings is 2. The van der Waals surface area contributed by atoms with Crippen LogP contribution in [-0.2, 0) is 4.79 Å². The Bertz CT molecular complexity index is 600. The van der Waals surface area contributed by atoms with Crippen LogP contribution in [0.1, 0.15) is 6.92 Å². The van der Waals surface area contributed by atoms with E-state index in [9.17, 15) is 9.90 Å². The minimum atomic E-state index is -0.856. The second-order valence-corrected chi connectivity index (χ2v) is 4.87. The average Bonchev–Trinajstić information content (AvgIpc) is 2.73. The molecule has 0 bridgehead atoms. The molecule has 2 atom stereocenters. The van der Waals surface area contributed by atoms with E-state index in [2.05, 4.69) is 0 Å². The number of rotatable bonds is 2. The number of para-hydroxylation sites is 2. The van der Waals surface area contributed by atoms with Crippen molar-refractivity contribution >= 4 is 17.3 Å². The van der Waals surface area contributed by atoms with Gasteiger partial charge in [0.25, 0.3) is 5.91 Å². The molecular formula is C16H16N2O2. The molecule has 1 N–H and O–H groups in total. The summed E-state index contributed by atoms with van der Waals surface area (Å²) in [5.74, 6) is -0.567. The number of carbonyl (C=O) groups is 1. The number of amides is 1. The van der Waals surface area contributed by atoms with Crippen LogP contribution < -0.4 is 10.0 Å². The first-order chi connectivity index (χ1) is 9.70. The van der Waals surface area contributed by atoms with Crippen molar-refractivity contribution in [3.63, 3.8) is 0 Å². The predicted octanol–water partition coefficient (Wildman–Crippen LogP) is 2.41. The molecule has 102 valence electrons. The maximum Gasteiger partial charge on any atom is 0.253 e. The number of anilines is 2. The highest BCUT2D eigenvalue weighted by atomic mass is 16.3. The van der Waals surface area contributed by atoms with E-state index in [0.29, 0.717) is 0 Å². The minimum absolute atomic E-state index is 0.104. The Labute approximate surface area is 117 Å². The normalized spacial score (nSPS) is 22.4. The van der Waals surface area contributed by atoms with E-state index >= 15 is 0 Å². The molecule has 2 aromatic carbocycles. The summed E-state index contributed by atoms with van der Waals surface area (Å²) in [5, 5.41) is 13.6. The fraction of sp³-hybridized carbons (Fsp3) is 0.188. The summed E-state index contributed by atoms with van der Waals surface area (Å²) in [6.45, 7) is 1.74. The molecule has 4 nitrogen and oxygen atoms in total. The van der Waals surface area contributed by atoms with Crippen LogP contribution in [0.15, 0.2) is 60.7 Å². The number of aliphatic hydroxyl groups excluding tert-OH is 1. The van der Waals surface area contributed by atoms with Gasteiger partial charge in [-0.3, -0.25) is 4.79 Å². The van der Waals surface area contributed by atoms with E-state index in [1.807, 2.05) is 60.7 Å². The molecule has 0 aliphatic carbocycles. The quantitative estimate of drug-likeness (QED) is 0.909. The van der Waals surface area contributed by atoms with E-state index in [0.717, 1.165) is 11.4 Å². The number of hydrazine groups is 1. The van der Waals surface area contributed by atoms with E-state index in [1.165, 1.54) is 0 Å². The SMILES string of the molecule is CC1C(=O)N(c2ccccc2)N(c2ccccc2)C1O. The first-order valence-corrected chi connectivity index (χ1v) is 6.61. The zero-order chi connectivity index (χ0) is 14.1. The van der Waals surface area contributed by atoms with Gasteiger partial charge in [-0.2, -0.15) is 0 Å². The fourth-order valence-electron chi connectivity index (χ4n) is 2.43. The fourth-order valence-corrected chi connectivity index (χ4v) is 2.43. The molecule has 1 fully saturated rings. The summed E-state index contributed by atoms with van der Waals surface area (Å²) < 4.78 is 0. The smallest absolute Gasteiger partial charge is 0.253 e. The number of nitrogens with zero attached hydrogens (tertiary/aromatic N) is 2. The molecule has 1 amide bonds. The van der Waals surface area contributed by atoms with E-state index in [4.69, 9.17) is 0 Å². The maximum atomic E-state index is 12.4. The first kappa shape index (κ1) is 12.7. The first-order valence-electron chi connectivity index (χ1n) is 6.61. The summed E-state index contributed by atoms with van der Waals surface area (Å²) in [4.78, 5) is 12.4. The highest BCUT2D eigenvalue weighted by Gasteiger charge is 2.44. The van der Waals surface area contributed by atoms with Gasteiger partial charge in [-0.15, -0.1) is 0 Å². The Hall–Kier alpha value is -2.33. The topological polar surface area (TPSA) is 43.8 Å². The van der Waals surface area contributed by atoms with E-state index in [1.54, 1.807) is 16.9 Å². The molecule has 1 aliphatic rings. The van der Waals surface area contributed by atoms with Crippen LogP contribution in [0, 0.1) is 5.92 Å². The molecule has 2 unspecified atom stereocenters. The van der Waals surface area contributed by atoms with Crippen molar-refractivity contribution in [3.8, 4) is 0 Å². The van der Waals surface area contributed by atoms with Crippen molar-refractivity contribution in [2.24, 2.45) is 5.92 Å². The number of hydrogen-bond donors (Lipinski definition) is 1. The highest BCUT2D eigenvalue weighted by Crippen LogP contribution is 2.33. The third-order valence-electron chi connectivity index (χ3n) is 3.53. The van der Waals surface area contributed by atoms with Crippen LogP contribution >= 0.6 is 0 Å². The average molecular weight is 268 g/mol. The summed E-state index contributed by atoms with van der Waals surface area (Å²) >= 11 is 0. The lowest BCUT2D eigenvalue weighted by Gasteiger charge is -2.31. The number of aliphatic hydroxyl groups is 1. The van der Waals surface area contributed by atoms with Gasteiger partial charge < -0.3 is 5.11 Å². The molecule has 2 aromatic rings. The maximum absolute atomic E-state index is 12.4. The summed E-state index contributed by atoms with van der Waals surface area (Å²) in [6.07, 6.45) is -0.856. The molecule has 1 heterocycles. The summed E-state index contributed by atoms with van der Waals surface area (Å²) in [6, 6.07) is 18.8. The summed E-state index contributed by atoms with van der Waals surface area (Å²) in [5.41, 5.74) is 1.55. The Morgan fingerprint density at radius 2 is 1.40 bits per heavy atom. The lowest BCUT2D eigenvalue weighted by Crippen LogP contribution is -2.43. The van der Waals surface area contributed by atoms with E-state index in [-0.39, 0.29) is 5.91 Å². The summed E-state index contributed by atoms with van der Waals surface area (Å²) in [7, 11) is 0. The number of hydrogen-bond acceptors (Lipinski definition) is 3. The van der Waals surface area contributed by atoms with Gasteiger partial charge in [0.1, 0.15) is 0 Å². The molecular weight excluding hydrogens is 252 g/mol. The van der Waals surface area contributed by atoms with Crippen LogP contribution in [0.5, 0.6) is 0 Å². The molecule has 4 heteroatoms. The highest BCUT2D eigenvalue weighted by molar-refractivity contribution is 6.00. The Kier molecular flexibility index (Phi) is 3.16. The second-order valence-electron chi connectivity index (χ2n) is 4.87. The Balaban J connectivity index is 2.07. The molecule has 3 rings (SSSR count). The lowest BCUT2D eigenvalue weighted by molar-refractivity contribution is -0.121. The van der Waals surface area contributed by atoms with Gasteiger partial charge in [-0.25, -0.2) is 10.0 Å². The zero-order valence-corrected chi connectivity index (χ0v) is 11.2. The third kappa shape index (κ3) is 1.94. The standard InChI is InChI=1S/C16H16N2O2/c1-12-15(19)17(13-8-4-2-5-9-13)18(16(12)20)14-10-6-3-7-11-14/h2-12,15,19H,1H3. The van der Waals surface area contributed by atoms with Gasteiger partial charge in [0, 0.05) is 0 Å². The monoisotopic (exact) mass is 268 g/mol. The molecule has 1 saturated heterocycles. The van der Waals surface area contributed by atoms with Gasteiger partial charge in [-0.1, -0.05) is 36.4 Å². The van der Waals surface area contributed by atoms with Gasteiger partial charge in [0.2, 0.25) is 0 Å². The van der Waals surface area contributed by atoms with Crippen LogP contribution in [0.2, 0.25) is 0 Å². The van der Waals surface area contributed by atoms with Crippen LogP contribution in [0.3, 0.4) is 0 Å². The van der Waals surface area contributed by atoms with Gasteiger partial charge in [-0.05, 0) is 31.2 Å². The molecule has 0 radical (unpaired) electrons. The van der Waals surface area contributed by atoms with Crippen molar-refractivity contribution in [2.75, 3.05) is 10.0 Å². The molecule has 0 saturated carbocycles. The molecule has 1 aliphatic heterocycles. The van der Waals surface area contributed by atoms with Crippen LogP contribution in [0.25, 0.3) is 0 Å². The molecule has 0 spiro atoms. The molecule has 20 heavy (non-hydrogen) atoms. The predicted molar refractivity (Wildman–Crippen MR) is 78.0 cm³/mol. The van der Waals surface area contributed by atoms with E-state index < -0.39 is 12.1 Å². The third-order valence-corrected chi connectivity index (χ3v) is 3.53. The van der Waals surface area contributed by atoms with Crippen molar-refractivity contribution in [1.82, 2.24) is 0 Å². The Morgan fingerprint density at radius 3 is 1.95 bits per heavy atom. The largest absolute Gasteiger partial charge is 0.371 e. The molecule has 0 aromatic heterocycles. The van der Waals surface area contributed by atoms with Crippen molar-refractivity contribution in [2.45, 2.75) is 13.2 Å². The zero-order valence-electron chi connectivity index (χ0n) is 11.2. The van der Waals surface area contributed by atoms with Crippen molar-refractivity contribution < 1.29 is 9.90 Å². The van der Waals surface area contributed by atoms with Crippen LogP contribution in [-0.4, -0.2) is 17.2 Å². The second kappa shape index (κ2) is 4.98. The Morgan fingerprint density at radius 1 is 0.900 bits per heavy atom. The van der Waals surface area contributed by atoms with Gasteiger partial charge in [0.15, 0.2) is 6.23 Å². The lowest BCUT2D eigenvalue weighted by atomic mass is 10.1. The van der Waals surface area contributed by atoms with Gasteiger partial charge >= 0.3 is 0 Å².